The Balaban J connectivity index is 1.07. The normalized spacial score (nSPS) is 24.3. The molecule has 0 radical (unpaired) electrons. The third-order valence-electron chi connectivity index (χ3n) is 9.17. The van der Waals surface area contributed by atoms with E-state index in [0.717, 1.165) is 79.5 Å². The molecule has 8 nitrogen and oxygen atoms in total. The standard InChI is InChI=1S/C31H40FN5O3/c1-40-25-16-24(17-25)37-28-21(18-34-37)6-4-9-26(28)29(31(38)39)36-15-13-22(19-36)27(32)10-3-2-8-23-12-11-20-7-5-14-33-30(20)35-23/h4,6,9,11-12,18,22,24-25,27,29H,2-3,5,7-8,10,13-17,19H2,1H3,(H,33,35)(H,38,39)/t22-,24?,25?,27+,29?/m1/s1. The lowest BCUT2D eigenvalue weighted by Gasteiger charge is -2.35. The summed E-state index contributed by atoms with van der Waals surface area (Å²) < 4.78 is 22.8. The van der Waals surface area contributed by atoms with Crippen LogP contribution in [0.3, 0.4) is 0 Å². The van der Waals surface area contributed by atoms with Gasteiger partial charge in [0.05, 0.1) is 23.9 Å². The maximum absolute atomic E-state index is 15.4. The lowest BCUT2D eigenvalue weighted by molar-refractivity contribution is -0.143. The second-order valence-corrected chi connectivity index (χ2v) is 11.7. The highest BCUT2D eigenvalue weighted by atomic mass is 19.1. The quantitative estimate of drug-likeness (QED) is 0.312. The van der Waals surface area contributed by atoms with Crippen LogP contribution in [0.4, 0.5) is 10.2 Å². The Bertz CT molecular complexity index is 1340. The number of likely N-dealkylation sites (tertiary alicyclic amines) is 1. The molecule has 1 saturated carbocycles. The van der Waals surface area contributed by atoms with Crippen molar-refractivity contribution in [2.45, 2.75) is 82.1 Å². The molecule has 214 valence electrons. The van der Waals surface area contributed by atoms with Gasteiger partial charge in [-0.15, -0.1) is 0 Å². The predicted molar refractivity (Wildman–Crippen MR) is 152 cm³/mol. The maximum Gasteiger partial charge on any atom is 0.325 e. The number of nitrogens with one attached hydrogen (secondary N) is 1. The first-order valence-corrected chi connectivity index (χ1v) is 14.8. The van der Waals surface area contributed by atoms with Gasteiger partial charge in [-0.05, 0) is 69.5 Å². The van der Waals surface area contributed by atoms with E-state index in [4.69, 9.17) is 9.72 Å². The first-order valence-electron chi connectivity index (χ1n) is 14.8. The highest BCUT2D eigenvalue weighted by Crippen LogP contribution is 2.39. The number of alkyl halides is 1. The van der Waals surface area contributed by atoms with Gasteiger partial charge >= 0.3 is 5.97 Å². The number of methoxy groups -OCH3 is 1. The molecule has 3 atom stereocenters. The van der Waals surface area contributed by atoms with Gasteiger partial charge in [-0.25, -0.2) is 9.37 Å². The zero-order chi connectivity index (χ0) is 27.6. The van der Waals surface area contributed by atoms with Crippen LogP contribution in [0.15, 0.2) is 36.5 Å². The van der Waals surface area contributed by atoms with Gasteiger partial charge < -0.3 is 15.2 Å². The lowest BCUT2D eigenvalue weighted by atomic mass is 9.89. The van der Waals surface area contributed by atoms with Crippen molar-refractivity contribution in [3.63, 3.8) is 0 Å². The van der Waals surface area contributed by atoms with E-state index in [0.29, 0.717) is 25.9 Å². The number of benzene rings is 1. The predicted octanol–water partition coefficient (Wildman–Crippen LogP) is 5.34. The van der Waals surface area contributed by atoms with Crippen LogP contribution in [0.5, 0.6) is 0 Å². The number of ether oxygens (including phenoxy) is 1. The number of nitrogens with zero attached hydrogens (tertiary/aromatic N) is 4. The van der Waals surface area contributed by atoms with E-state index in [1.54, 1.807) is 7.11 Å². The van der Waals surface area contributed by atoms with E-state index < -0.39 is 18.2 Å². The molecular formula is C31H40FN5O3. The Morgan fingerprint density at radius 1 is 1.25 bits per heavy atom. The Morgan fingerprint density at radius 2 is 2.12 bits per heavy atom. The number of anilines is 1. The van der Waals surface area contributed by atoms with Crippen LogP contribution in [0.25, 0.3) is 10.9 Å². The van der Waals surface area contributed by atoms with Gasteiger partial charge in [0.2, 0.25) is 0 Å². The summed E-state index contributed by atoms with van der Waals surface area (Å²) >= 11 is 0. The number of halogens is 1. The molecule has 2 aliphatic heterocycles. The van der Waals surface area contributed by atoms with Crippen molar-refractivity contribution in [3.05, 3.63) is 53.3 Å². The minimum absolute atomic E-state index is 0.147. The van der Waals surface area contributed by atoms with Crippen LogP contribution in [0, 0.1) is 5.92 Å². The SMILES string of the molecule is COC1CC(n2ncc3cccc(C(C(=O)O)N4CC[C@@H]([C@@H](F)CCCCc5ccc6c(n5)NCCC6)C4)c32)C1. The Hall–Kier alpha value is -3.04. The van der Waals surface area contributed by atoms with Gasteiger partial charge in [0.1, 0.15) is 18.0 Å². The summed E-state index contributed by atoms with van der Waals surface area (Å²) in [6.45, 7) is 2.01. The number of aryl methyl sites for hydroxylation is 2. The maximum atomic E-state index is 15.4. The first kappa shape index (κ1) is 27.1. The summed E-state index contributed by atoms with van der Waals surface area (Å²) in [7, 11) is 1.72. The fourth-order valence-electron chi connectivity index (χ4n) is 6.78. The summed E-state index contributed by atoms with van der Waals surface area (Å²) in [6, 6.07) is 9.43. The molecule has 3 aromatic rings. The van der Waals surface area contributed by atoms with Crippen molar-refractivity contribution >= 4 is 22.7 Å². The zero-order valence-electron chi connectivity index (χ0n) is 23.3. The smallest absolute Gasteiger partial charge is 0.325 e. The molecule has 0 amide bonds. The minimum atomic E-state index is -0.931. The van der Waals surface area contributed by atoms with E-state index in [2.05, 4.69) is 22.5 Å². The Kier molecular flexibility index (Phi) is 8.03. The van der Waals surface area contributed by atoms with Gasteiger partial charge in [0.15, 0.2) is 0 Å². The second-order valence-electron chi connectivity index (χ2n) is 11.7. The highest BCUT2D eigenvalue weighted by Gasteiger charge is 2.39. The monoisotopic (exact) mass is 549 g/mol. The first-order chi connectivity index (χ1) is 19.5. The lowest BCUT2D eigenvalue weighted by Crippen LogP contribution is -2.35. The fraction of sp³-hybridized carbons (Fsp3) is 0.581. The molecule has 1 saturated heterocycles. The van der Waals surface area contributed by atoms with Crippen LogP contribution in [0.1, 0.15) is 73.9 Å². The van der Waals surface area contributed by atoms with Gasteiger partial charge in [0.25, 0.3) is 0 Å². The number of hydrogen-bond acceptors (Lipinski definition) is 6. The van der Waals surface area contributed by atoms with E-state index in [1.807, 2.05) is 34.0 Å². The number of aliphatic carboxylic acids is 1. The topological polar surface area (TPSA) is 92.5 Å². The summed E-state index contributed by atoms with van der Waals surface area (Å²) in [5.74, 6) is -0.0328. The number of aromatic nitrogens is 3. The number of carbonyl (C=O) groups is 1. The molecule has 1 unspecified atom stereocenters. The minimum Gasteiger partial charge on any atom is -0.480 e. The fourth-order valence-corrected chi connectivity index (χ4v) is 6.78. The van der Waals surface area contributed by atoms with E-state index in [-0.39, 0.29) is 18.1 Å². The number of para-hydroxylation sites is 1. The van der Waals surface area contributed by atoms with E-state index >= 15 is 4.39 Å². The molecule has 2 fully saturated rings. The molecule has 3 aliphatic rings. The number of fused-ring (bicyclic) bond motifs is 2. The average molecular weight is 550 g/mol. The molecule has 40 heavy (non-hydrogen) atoms. The van der Waals surface area contributed by atoms with E-state index in [9.17, 15) is 9.90 Å². The summed E-state index contributed by atoms with van der Waals surface area (Å²) in [5, 5.41) is 19.3. The number of pyridine rings is 1. The van der Waals surface area contributed by atoms with Crippen molar-refractivity contribution < 1.29 is 19.0 Å². The van der Waals surface area contributed by atoms with Gasteiger partial charge in [-0.3, -0.25) is 14.4 Å². The molecular weight excluding hydrogens is 509 g/mol. The van der Waals surface area contributed by atoms with E-state index in [1.165, 1.54) is 5.56 Å². The molecule has 9 heteroatoms. The van der Waals surface area contributed by atoms with Crippen LogP contribution in [-0.2, 0) is 22.4 Å². The van der Waals surface area contributed by atoms with Gasteiger partial charge in [0, 0.05) is 42.8 Å². The number of hydrogen-bond donors (Lipinski definition) is 2. The molecule has 1 aliphatic carbocycles. The number of rotatable bonds is 11. The molecule has 6 rings (SSSR count). The second kappa shape index (κ2) is 11.8. The van der Waals surface area contributed by atoms with Crippen LogP contribution < -0.4 is 5.32 Å². The largest absolute Gasteiger partial charge is 0.480 e. The Morgan fingerprint density at radius 3 is 2.95 bits per heavy atom. The van der Waals surface area contributed by atoms with Crippen LogP contribution in [0.2, 0.25) is 0 Å². The summed E-state index contributed by atoms with van der Waals surface area (Å²) in [5.41, 5.74) is 3.97. The van der Waals surface area contributed by atoms with Crippen molar-refractivity contribution in [1.82, 2.24) is 19.7 Å². The molecule has 2 aromatic heterocycles. The molecule has 0 spiro atoms. The molecule has 2 N–H and O–H groups in total. The average Bonchev–Trinajstić information content (AvgIpc) is 3.59. The van der Waals surface area contributed by atoms with Gasteiger partial charge in [-0.1, -0.05) is 30.7 Å². The van der Waals surface area contributed by atoms with Crippen molar-refractivity contribution in [1.29, 1.82) is 0 Å². The summed E-state index contributed by atoms with van der Waals surface area (Å²) in [6.07, 6.45) is 8.80. The van der Waals surface area contributed by atoms with Crippen molar-refractivity contribution in [2.24, 2.45) is 5.92 Å². The number of carboxylic acids is 1. The number of unbranched alkanes of at least 4 members (excludes halogenated alkanes) is 1. The molecule has 0 bridgehead atoms. The van der Waals surface area contributed by atoms with Crippen LogP contribution >= 0.6 is 0 Å². The third kappa shape index (κ3) is 5.46. The van der Waals surface area contributed by atoms with Gasteiger partial charge in [-0.2, -0.15) is 5.10 Å². The van der Waals surface area contributed by atoms with Crippen molar-refractivity contribution in [2.75, 3.05) is 32.1 Å². The number of carboxylic acid groups (broad SMARTS) is 1. The van der Waals surface area contributed by atoms with Crippen LogP contribution in [-0.4, -0.2) is 69.8 Å². The highest BCUT2D eigenvalue weighted by molar-refractivity contribution is 5.88. The molecule has 4 heterocycles. The zero-order valence-corrected chi connectivity index (χ0v) is 23.3. The third-order valence-corrected chi connectivity index (χ3v) is 9.17. The Labute approximate surface area is 234 Å². The molecule has 1 aromatic carbocycles. The van der Waals surface area contributed by atoms with Crippen molar-refractivity contribution in [3.8, 4) is 0 Å². The summed E-state index contributed by atoms with van der Waals surface area (Å²) in [4.78, 5) is 19.3.